The van der Waals surface area contributed by atoms with Crippen LogP contribution in [0.3, 0.4) is 0 Å². The van der Waals surface area contributed by atoms with Crippen molar-refractivity contribution in [1.82, 2.24) is 14.8 Å². The Morgan fingerprint density at radius 3 is 2.46 bits per heavy atom. The normalized spacial score (nSPS) is 20.9. The van der Waals surface area contributed by atoms with Crippen molar-refractivity contribution in [2.45, 2.75) is 31.9 Å². The summed E-state index contributed by atoms with van der Waals surface area (Å²) in [7, 11) is 1.13. The highest BCUT2D eigenvalue weighted by molar-refractivity contribution is 6.00. The molecule has 0 saturated carbocycles. The quantitative estimate of drug-likeness (QED) is 0.494. The number of nitrogens with zero attached hydrogens (tertiary/aromatic N) is 5. The van der Waals surface area contributed by atoms with Crippen molar-refractivity contribution >= 4 is 17.3 Å². The fraction of sp³-hybridized carbons (Fsp3) is 0.545. The SMILES string of the molecule is Cc1nn(C)c(C(=O)N2N=C(C(F)F)CC2(O)C(F)F)c1[N+](=O)[O-]. The Balaban J connectivity index is 2.57. The summed E-state index contributed by atoms with van der Waals surface area (Å²) < 4.78 is 52.5. The van der Waals surface area contributed by atoms with E-state index in [1.165, 1.54) is 6.92 Å². The first-order valence-electron chi connectivity index (χ1n) is 6.39. The maximum absolute atomic E-state index is 13.1. The Morgan fingerprint density at radius 2 is 2.00 bits per heavy atom. The first-order chi connectivity index (χ1) is 11.0. The molecule has 1 aliphatic heterocycles. The summed E-state index contributed by atoms with van der Waals surface area (Å²) in [5.41, 5.74) is -6.21. The van der Waals surface area contributed by atoms with Crippen LogP contribution >= 0.6 is 0 Å². The minimum absolute atomic E-state index is 0.191. The van der Waals surface area contributed by atoms with Crippen LogP contribution in [0.4, 0.5) is 23.2 Å². The summed E-state index contributed by atoms with van der Waals surface area (Å²) in [5.74, 6) is -1.54. The Kier molecular flexibility index (Phi) is 4.31. The number of alkyl halides is 4. The largest absolute Gasteiger partial charge is 0.364 e. The Morgan fingerprint density at radius 1 is 1.42 bits per heavy atom. The molecule has 1 unspecified atom stereocenters. The Labute approximate surface area is 131 Å². The number of aryl methyl sites for hydroxylation is 2. The van der Waals surface area contributed by atoms with Crippen LogP contribution in [-0.2, 0) is 7.05 Å². The number of halogens is 4. The smallest absolute Gasteiger partial charge is 0.322 e. The number of nitro groups is 1. The van der Waals surface area contributed by atoms with Crippen molar-refractivity contribution in [3.63, 3.8) is 0 Å². The van der Waals surface area contributed by atoms with Crippen LogP contribution in [0.15, 0.2) is 5.10 Å². The van der Waals surface area contributed by atoms with E-state index >= 15 is 0 Å². The second kappa shape index (κ2) is 5.81. The van der Waals surface area contributed by atoms with Crippen molar-refractivity contribution in [1.29, 1.82) is 0 Å². The molecule has 0 bridgehead atoms. The third-order valence-electron chi connectivity index (χ3n) is 3.41. The molecule has 1 atom stereocenters. The molecule has 0 radical (unpaired) electrons. The summed E-state index contributed by atoms with van der Waals surface area (Å²) in [6.45, 7) is 1.20. The van der Waals surface area contributed by atoms with Crippen molar-refractivity contribution in [3.05, 3.63) is 21.5 Å². The number of hydrazone groups is 1. The summed E-state index contributed by atoms with van der Waals surface area (Å²) in [6.07, 6.45) is -8.19. The first-order valence-corrected chi connectivity index (χ1v) is 6.39. The number of hydrogen-bond acceptors (Lipinski definition) is 6. The molecule has 1 aromatic rings. The summed E-state index contributed by atoms with van der Waals surface area (Å²) >= 11 is 0. The zero-order valence-electron chi connectivity index (χ0n) is 12.3. The molecule has 1 aliphatic rings. The van der Waals surface area contributed by atoms with E-state index in [1.54, 1.807) is 0 Å². The molecule has 0 aliphatic carbocycles. The van der Waals surface area contributed by atoms with Crippen molar-refractivity contribution < 1.29 is 32.4 Å². The van der Waals surface area contributed by atoms with E-state index < -0.39 is 52.9 Å². The summed E-state index contributed by atoms with van der Waals surface area (Å²) in [5, 5.41) is 27.4. The van der Waals surface area contributed by atoms with Crippen LogP contribution in [0.1, 0.15) is 22.6 Å². The third kappa shape index (κ3) is 2.60. The molecule has 0 spiro atoms. The van der Waals surface area contributed by atoms with E-state index in [9.17, 15) is 37.6 Å². The van der Waals surface area contributed by atoms with Gasteiger partial charge in [0.25, 0.3) is 12.9 Å². The van der Waals surface area contributed by atoms with E-state index in [-0.39, 0.29) is 10.7 Å². The highest BCUT2D eigenvalue weighted by atomic mass is 19.3. The Bertz CT molecular complexity index is 734. The number of aromatic nitrogens is 2. The highest BCUT2D eigenvalue weighted by Gasteiger charge is 2.54. The number of amides is 1. The predicted molar refractivity (Wildman–Crippen MR) is 69.8 cm³/mol. The Hall–Kier alpha value is -2.57. The van der Waals surface area contributed by atoms with Crippen molar-refractivity contribution in [2.75, 3.05) is 0 Å². The molecule has 0 saturated heterocycles. The lowest BCUT2D eigenvalue weighted by molar-refractivity contribution is -0.385. The lowest BCUT2D eigenvalue weighted by atomic mass is 10.1. The monoisotopic (exact) mass is 353 g/mol. The van der Waals surface area contributed by atoms with Gasteiger partial charge >= 0.3 is 11.6 Å². The number of hydrogen-bond donors (Lipinski definition) is 1. The van der Waals surface area contributed by atoms with Crippen LogP contribution in [0.2, 0.25) is 0 Å². The molecule has 2 rings (SSSR count). The van der Waals surface area contributed by atoms with E-state index in [1.807, 2.05) is 0 Å². The average Bonchev–Trinajstić information content (AvgIpc) is 2.96. The topological polar surface area (TPSA) is 114 Å². The van der Waals surface area contributed by atoms with Gasteiger partial charge in [0.05, 0.1) is 4.92 Å². The van der Waals surface area contributed by atoms with Gasteiger partial charge in [0.1, 0.15) is 11.4 Å². The molecule has 0 aromatic carbocycles. The molecule has 1 N–H and O–H groups in total. The number of carbonyl (C=O) groups excluding carboxylic acids is 1. The number of rotatable bonds is 4. The van der Waals surface area contributed by atoms with Gasteiger partial charge in [-0.1, -0.05) is 0 Å². The van der Waals surface area contributed by atoms with Gasteiger partial charge in [0.2, 0.25) is 11.4 Å². The zero-order chi connectivity index (χ0) is 18.4. The second-order valence-corrected chi connectivity index (χ2v) is 5.03. The molecule has 132 valence electrons. The van der Waals surface area contributed by atoms with Gasteiger partial charge < -0.3 is 5.11 Å². The fourth-order valence-electron chi connectivity index (χ4n) is 2.31. The minimum atomic E-state index is -3.63. The molecule has 2 heterocycles. The van der Waals surface area contributed by atoms with Gasteiger partial charge in [0.15, 0.2) is 0 Å². The van der Waals surface area contributed by atoms with Crippen LogP contribution < -0.4 is 0 Å². The van der Waals surface area contributed by atoms with Crippen LogP contribution in [0.25, 0.3) is 0 Å². The van der Waals surface area contributed by atoms with Crippen molar-refractivity contribution in [3.8, 4) is 0 Å². The van der Waals surface area contributed by atoms with Gasteiger partial charge in [-0.2, -0.15) is 15.2 Å². The number of carbonyl (C=O) groups is 1. The molecule has 1 aromatic heterocycles. The summed E-state index contributed by atoms with van der Waals surface area (Å²) in [4.78, 5) is 22.5. The van der Waals surface area contributed by atoms with E-state index in [0.29, 0.717) is 0 Å². The van der Waals surface area contributed by atoms with Gasteiger partial charge in [-0.15, -0.1) is 0 Å². The lowest BCUT2D eigenvalue weighted by Crippen LogP contribution is -2.52. The number of aliphatic hydroxyl groups is 1. The van der Waals surface area contributed by atoms with Gasteiger partial charge in [-0.25, -0.2) is 17.6 Å². The van der Waals surface area contributed by atoms with E-state index in [2.05, 4.69) is 10.2 Å². The predicted octanol–water partition coefficient (Wildman–Crippen LogP) is 1.06. The fourth-order valence-corrected chi connectivity index (χ4v) is 2.31. The molecule has 13 heteroatoms. The first kappa shape index (κ1) is 17.8. The van der Waals surface area contributed by atoms with Crippen LogP contribution in [0.5, 0.6) is 0 Å². The minimum Gasteiger partial charge on any atom is -0.364 e. The van der Waals surface area contributed by atoms with E-state index in [0.717, 1.165) is 11.7 Å². The summed E-state index contributed by atoms with van der Waals surface area (Å²) in [6, 6.07) is 0. The standard InChI is InChI=1S/C11H11F4N5O4/c1-4-6(20(23)24)7(18(2)16-4)9(21)19-11(22,10(14)15)3-5(17-19)8(12)13/h8,10,22H,3H2,1-2H3. The molecule has 0 fully saturated rings. The van der Waals surface area contributed by atoms with Crippen LogP contribution in [-0.4, -0.2) is 55.0 Å². The molecule has 9 nitrogen and oxygen atoms in total. The maximum atomic E-state index is 13.1. The molecular formula is C11H11F4N5O4. The lowest BCUT2D eigenvalue weighted by Gasteiger charge is -2.29. The zero-order valence-corrected chi connectivity index (χ0v) is 12.3. The van der Waals surface area contributed by atoms with Gasteiger partial charge in [0, 0.05) is 13.5 Å². The molecular weight excluding hydrogens is 342 g/mol. The molecule has 1 amide bonds. The van der Waals surface area contributed by atoms with Crippen LogP contribution in [0, 0.1) is 17.0 Å². The maximum Gasteiger partial charge on any atom is 0.322 e. The third-order valence-corrected chi connectivity index (χ3v) is 3.41. The highest BCUT2D eigenvalue weighted by Crippen LogP contribution is 2.35. The molecule has 24 heavy (non-hydrogen) atoms. The second-order valence-electron chi connectivity index (χ2n) is 5.03. The van der Waals surface area contributed by atoms with Crippen molar-refractivity contribution in [2.24, 2.45) is 12.1 Å². The van der Waals surface area contributed by atoms with Gasteiger partial charge in [-0.05, 0) is 6.92 Å². The average molecular weight is 353 g/mol. The van der Waals surface area contributed by atoms with E-state index in [4.69, 9.17) is 0 Å². The van der Waals surface area contributed by atoms with Gasteiger partial charge in [-0.3, -0.25) is 19.6 Å².